The van der Waals surface area contributed by atoms with Gasteiger partial charge in [0.25, 0.3) is 0 Å². The van der Waals surface area contributed by atoms with Gasteiger partial charge in [-0.05, 0) is 6.42 Å². The molecule has 0 bridgehead atoms. The summed E-state index contributed by atoms with van der Waals surface area (Å²) in [6, 6.07) is 0. The fourth-order valence-electron chi connectivity index (χ4n) is 0.272. The summed E-state index contributed by atoms with van der Waals surface area (Å²) < 4.78 is 0. The van der Waals surface area contributed by atoms with E-state index in [1.54, 1.807) is 0 Å². The van der Waals surface area contributed by atoms with Crippen molar-refractivity contribution in [2.45, 2.75) is 13.3 Å². The zero-order chi connectivity index (χ0) is 6.41. The molecule has 0 atom stereocenters. The third-order valence-electron chi connectivity index (χ3n) is 0.646. The highest BCUT2D eigenvalue weighted by atomic mass is 16.5. The van der Waals surface area contributed by atoms with Gasteiger partial charge in [-0.2, -0.15) is 5.17 Å². The van der Waals surface area contributed by atoms with Crippen LogP contribution in [-0.2, 0) is 0 Å². The van der Waals surface area contributed by atoms with Gasteiger partial charge < -0.3 is 0 Å². The van der Waals surface area contributed by atoms with E-state index in [4.69, 9.17) is 10.6 Å². The van der Waals surface area contributed by atoms with Gasteiger partial charge in [0.2, 0.25) is 0 Å². The Morgan fingerprint density at radius 3 is 2.88 bits per heavy atom. The predicted octanol–water partition coefficient (Wildman–Crippen LogP) is 0.199. The molecule has 8 heavy (non-hydrogen) atoms. The molecule has 0 radical (unpaired) electrons. The summed E-state index contributed by atoms with van der Waals surface area (Å²) in [6.45, 7) is 2.66. The fourth-order valence-corrected chi connectivity index (χ4v) is 0.272. The Labute approximate surface area is 48.5 Å². The molecule has 0 saturated heterocycles. The van der Waals surface area contributed by atoms with Gasteiger partial charge in [0.15, 0.2) is 0 Å². The molecule has 0 aromatic rings. The van der Waals surface area contributed by atoms with E-state index >= 15 is 0 Å². The van der Waals surface area contributed by atoms with E-state index in [0.717, 1.165) is 12.8 Å². The van der Waals surface area contributed by atoms with E-state index in [-0.39, 0.29) is 0 Å². The molecule has 0 saturated carbocycles. The molecule has 0 aromatic carbocycles. The van der Waals surface area contributed by atoms with Crippen molar-refractivity contribution < 1.29 is 5.21 Å². The molecule has 0 aromatic heterocycles. The fraction of sp³-hybridized carbons (Fsp3) is 0.750. The number of hydrazine groups is 1. The van der Waals surface area contributed by atoms with Gasteiger partial charge in [-0.25, -0.2) is 5.43 Å². The number of rotatable bonds is 4. The molecule has 0 aliphatic heterocycles. The van der Waals surface area contributed by atoms with E-state index in [0.29, 0.717) is 11.7 Å². The number of hydrogen-bond donors (Lipinski definition) is 3. The van der Waals surface area contributed by atoms with Crippen LogP contribution < -0.4 is 5.43 Å². The molecular formula is C4H11N3O. The highest BCUT2D eigenvalue weighted by Gasteiger charge is 1.85. The number of hydroxylamine groups is 1. The Kier molecular flexibility index (Phi) is 4.20. The maximum atomic E-state index is 8.47. The van der Waals surface area contributed by atoms with Crippen molar-refractivity contribution in [2.75, 3.05) is 6.54 Å². The van der Waals surface area contributed by atoms with Crippen molar-refractivity contribution >= 4 is 6.34 Å². The average Bonchev–Trinajstić information content (AvgIpc) is 1.83. The summed E-state index contributed by atoms with van der Waals surface area (Å²) in [5.41, 5.74) is 2.53. The Bertz CT molecular complexity index is 66.3. The van der Waals surface area contributed by atoms with Crippen LogP contribution in [0.25, 0.3) is 0 Å². The summed E-state index contributed by atoms with van der Waals surface area (Å²) in [7, 11) is 0. The Balaban J connectivity index is 2.98. The van der Waals surface area contributed by atoms with Gasteiger partial charge in [0.1, 0.15) is 6.34 Å². The van der Waals surface area contributed by atoms with Crippen molar-refractivity contribution in [1.29, 1.82) is 5.41 Å². The van der Waals surface area contributed by atoms with Crippen LogP contribution in [0.1, 0.15) is 13.3 Å². The number of nitrogens with one attached hydrogen (secondary N) is 2. The van der Waals surface area contributed by atoms with Crippen LogP contribution in [0.15, 0.2) is 0 Å². The summed E-state index contributed by atoms with van der Waals surface area (Å²) in [6.07, 6.45) is 1.74. The molecule has 0 rings (SSSR count). The van der Waals surface area contributed by atoms with Crippen LogP contribution in [0.3, 0.4) is 0 Å². The van der Waals surface area contributed by atoms with E-state index in [9.17, 15) is 0 Å². The molecule has 0 fully saturated rings. The Morgan fingerprint density at radius 1 is 1.88 bits per heavy atom. The van der Waals surface area contributed by atoms with Gasteiger partial charge >= 0.3 is 0 Å². The second-order valence-electron chi connectivity index (χ2n) is 1.38. The minimum Gasteiger partial charge on any atom is -0.288 e. The van der Waals surface area contributed by atoms with Crippen molar-refractivity contribution in [3.05, 3.63) is 0 Å². The molecule has 3 N–H and O–H groups in total. The molecule has 0 aliphatic rings. The molecule has 48 valence electrons. The molecule has 0 aliphatic carbocycles. The molecule has 0 spiro atoms. The van der Waals surface area contributed by atoms with Crippen LogP contribution in [0.5, 0.6) is 0 Å². The first-order valence-electron chi connectivity index (χ1n) is 2.53. The molecule has 0 unspecified atom stereocenters. The topological polar surface area (TPSA) is 59.4 Å². The molecule has 0 heterocycles. The lowest BCUT2D eigenvalue weighted by Crippen LogP contribution is -2.33. The van der Waals surface area contributed by atoms with Crippen LogP contribution in [0.4, 0.5) is 0 Å². The average molecular weight is 117 g/mol. The third kappa shape index (κ3) is 3.58. The normalized spacial score (nSPS) is 8.75. The number of nitrogens with zero attached hydrogens (tertiary/aromatic N) is 1. The van der Waals surface area contributed by atoms with Gasteiger partial charge in [-0.1, -0.05) is 6.92 Å². The smallest absolute Gasteiger partial charge is 0.126 e. The quantitative estimate of drug-likeness (QED) is 0.280. The largest absolute Gasteiger partial charge is 0.288 e. The highest BCUT2D eigenvalue weighted by Crippen LogP contribution is 1.69. The van der Waals surface area contributed by atoms with Crippen LogP contribution in [-0.4, -0.2) is 23.3 Å². The lowest BCUT2D eigenvalue weighted by molar-refractivity contribution is -0.0572. The van der Waals surface area contributed by atoms with Crippen LogP contribution >= 0.6 is 0 Å². The predicted molar refractivity (Wildman–Crippen MR) is 30.7 cm³/mol. The lowest BCUT2D eigenvalue weighted by Gasteiger charge is -2.08. The molecule has 4 heteroatoms. The molecule has 4 nitrogen and oxygen atoms in total. The SMILES string of the molecule is CCCNN(O)C=N. The monoisotopic (exact) mass is 117 g/mol. The Morgan fingerprint density at radius 2 is 2.50 bits per heavy atom. The minimum atomic E-state index is 0.628. The maximum Gasteiger partial charge on any atom is 0.126 e. The number of hydrogen-bond acceptors (Lipinski definition) is 3. The third-order valence-corrected chi connectivity index (χ3v) is 0.646. The maximum absolute atomic E-state index is 8.47. The molecular weight excluding hydrogens is 106 g/mol. The van der Waals surface area contributed by atoms with Gasteiger partial charge in [-0.15, -0.1) is 0 Å². The first kappa shape index (κ1) is 7.39. The van der Waals surface area contributed by atoms with E-state index in [1.165, 1.54) is 0 Å². The van der Waals surface area contributed by atoms with E-state index in [2.05, 4.69) is 5.43 Å². The second-order valence-corrected chi connectivity index (χ2v) is 1.38. The van der Waals surface area contributed by atoms with Crippen molar-refractivity contribution in [3.8, 4) is 0 Å². The highest BCUT2D eigenvalue weighted by molar-refractivity contribution is 5.47. The van der Waals surface area contributed by atoms with Gasteiger partial charge in [-0.3, -0.25) is 10.6 Å². The summed E-state index contributed by atoms with van der Waals surface area (Å²) in [4.78, 5) is 0. The lowest BCUT2D eigenvalue weighted by atomic mass is 10.5. The minimum absolute atomic E-state index is 0.628. The van der Waals surface area contributed by atoms with Crippen LogP contribution in [0, 0.1) is 5.41 Å². The summed E-state index contributed by atoms with van der Waals surface area (Å²) in [5, 5.41) is 15.6. The summed E-state index contributed by atoms with van der Waals surface area (Å²) in [5.74, 6) is 0. The zero-order valence-electron chi connectivity index (χ0n) is 4.89. The zero-order valence-corrected chi connectivity index (χ0v) is 4.89. The Hall–Kier alpha value is -0.610. The standard InChI is InChI=1S/C4H11N3O/c1-2-3-6-7(8)4-5/h4-6,8H,2-3H2,1H3. The van der Waals surface area contributed by atoms with Crippen LogP contribution in [0.2, 0.25) is 0 Å². The van der Waals surface area contributed by atoms with Crippen molar-refractivity contribution in [2.24, 2.45) is 0 Å². The van der Waals surface area contributed by atoms with E-state index in [1.807, 2.05) is 6.92 Å². The summed E-state index contributed by atoms with van der Waals surface area (Å²) >= 11 is 0. The van der Waals surface area contributed by atoms with Crippen molar-refractivity contribution in [1.82, 2.24) is 10.6 Å². The second kappa shape index (κ2) is 4.55. The van der Waals surface area contributed by atoms with Gasteiger partial charge in [0, 0.05) is 6.54 Å². The first-order valence-corrected chi connectivity index (χ1v) is 2.53. The molecule has 0 amide bonds. The first-order chi connectivity index (χ1) is 3.81. The van der Waals surface area contributed by atoms with Gasteiger partial charge in [0.05, 0.1) is 0 Å². The van der Waals surface area contributed by atoms with E-state index < -0.39 is 0 Å². The van der Waals surface area contributed by atoms with Crippen molar-refractivity contribution in [3.63, 3.8) is 0 Å².